The molecule has 0 aliphatic carbocycles. The molecule has 5 heteroatoms. The van der Waals surface area contributed by atoms with Gasteiger partial charge >= 0.3 is 0 Å². The summed E-state index contributed by atoms with van der Waals surface area (Å²) in [5, 5.41) is 8.68. The first-order chi connectivity index (χ1) is 10.1. The van der Waals surface area contributed by atoms with Crippen LogP contribution in [0, 0.1) is 13.8 Å². The number of nitrogens with zero attached hydrogens (tertiary/aromatic N) is 1. The number of benzene rings is 2. The Morgan fingerprint density at radius 3 is 2.71 bits per heavy atom. The molecule has 0 saturated heterocycles. The average molecular weight is 281 g/mol. The quantitative estimate of drug-likeness (QED) is 0.499. The highest BCUT2D eigenvalue weighted by Gasteiger charge is 2.10. The van der Waals surface area contributed by atoms with Crippen molar-refractivity contribution in [3.8, 4) is 11.4 Å². The molecule has 0 unspecified atom stereocenters. The second kappa shape index (κ2) is 5.03. The van der Waals surface area contributed by atoms with Crippen molar-refractivity contribution in [1.29, 1.82) is 0 Å². The minimum absolute atomic E-state index is 0.376. The van der Waals surface area contributed by atoms with Crippen LogP contribution in [0.3, 0.4) is 0 Å². The molecule has 3 aromatic rings. The number of amides is 1. The molecule has 21 heavy (non-hydrogen) atoms. The molecule has 0 saturated carbocycles. The van der Waals surface area contributed by atoms with Crippen LogP contribution in [0.15, 0.2) is 36.4 Å². The summed E-state index contributed by atoms with van der Waals surface area (Å²) in [6.45, 7) is 4.09. The van der Waals surface area contributed by atoms with Crippen molar-refractivity contribution >= 4 is 16.9 Å². The van der Waals surface area contributed by atoms with Crippen molar-refractivity contribution in [3.05, 3.63) is 53.1 Å². The predicted molar refractivity (Wildman–Crippen MR) is 80.3 cm³/mol. The maximum Gasteiger partial charge on any atom is 0.274 e. The van der Waals surface area contributed by atoms with Crippen molar-refractivity contribution in [1.82, 2.24) is 15.4 Å². The molecule has 0 bridgehead atoms. The Hall–Kier alpha value is -2.66. The van der Waals surface area contributed by atoms with Gasteiger partial charge in [0.05, 0.1) is 11.0 Å². The van der Waals surface area contributed by atoms with Crippen molar-refractivity contribution in [2.75, 3.05) is 0 Å². The van der Waals surface area contributed by atoms with Gasteiger partial charge in [-0.05, 0) is 37.6 Å². The summed E-state index contributed by atoms with van der Waals surface area (Å²) >= 11 is 0. The second-order valence-corrected chi connectivity index (χ2v) is 5.08. The van der Waals surface area contributed by atoms with Crippen LogP contribution < -0.4 is 5.48 Å². The standard InChI is InChI=1S/C16H15N3O2/c1-9-3-5-12(10(2)7-9)15-17-13-6-4-11(16(20)19-21)8-14(13)18-15/h3-8,21H,1-2H3,(H,17,18)(H,19,20). The van der Waals surface area contributed by atoms with Gasteiger partial charge in [0.1, 0.15) is 5.82 Å². The molecule has 3 rings (SSSR count). The number of aryl methyl sites for hydroxylation is 2. The van der Waals surface area contributed by atoms with E-state index in [2.05, 4.69) is 23.0 Å². The number of aromatic amines is 1. The Bertz CT molecular complexity index is 837. The van der Waals surface area contributed by atoms with Crippen molar-refractivity contribution < 1.29 is 10.0 Å². The third-order valence-corrected chi connectivity index (χ3v) is 3.48. The first-order valence-corrected chi connectivity index (χ1v) is 6.60. The summed E-state index contributed by atoms with van der Waals surface area (Å²) in [5.74, 6) is 0.226. The van der Waals surface area contributed by atoms with Crippen LogP contribution in [-0.2, 0) is 0 Å². The fraction of sp³-hybridized carbons (Fsp3) is 0.125. The van der Waals surface area contributed by atoms with Crippen LogP contribution in [0.25, 0.3) is 22.4 Å². The van der Waals surface area contributed by atoms with Gasteiger partial charge in [-0.25, -0.2) is 10.5 Å². The fourth-order valence-corrected chi connectivity index (χ4v) is 2.42. The molecule has 0 spiro atoms. The summed E-state index contributed by atoms with van der Waals surface area (Å²) in [7, 11) is 0. The zero-order valence-electron chi connectivity index (χ0n) is 11.8. The van der Waals surface area contributed by atoms with E-state index < -0.39 is 5.91 Å². The molecule has 3 N–H and O–H groups in total. The predicted octanol–water partition coefficient (Wildman–Crippen LogP) is 2.97. The summed E-state index contributed by atoms with van der Waals surface area (Å²) in [6.07, 6.45) is 0. The highest BCUT2D eigenvalue weighted by molar-refractivity contribution is 5.97. The second-order valence-electron chi connectivity index (χ2n) is 5.08. The fourth-order valence-electron chi connectivity index (χ4n) is 2.42. The molecule has 0 aliphatic heterocycles. The molecule has 106 valence electrons. The highest BCUT2D eigenvalue weighted by atomic mass is 16.5. The Morgan fingerprint density at radius 1 is 1.19 bits per heavy atom. The molecule has 0 atom stereocenters. The van der Waals surface area contributed by atoms with Gasteiger partial charge < -0.3 is 4.98 Å². The molecule has 1 amide bonds. The van der Waals surface area contributed by atoms with Crippen LogP contribution in [0.5, 0.6) is 0 Å². The number of hydrogen-bond acceptors (Lipinski definition) is 3. The molecular formula is C16H15N3O2. The summed E-state index contributed by atoms with van der Waals surface area (Å²) in [5.41, 5.74) is 6.91. The number of imidazole rings is 1. The van der Waals surface area contributed by atoms with E-state index in [0.29, 0.717) is 5.56 Å². The van der Waals surface area contributed by atoms with E-state index in [-0.39, 0.29) is 0 Å². The van der Waals surface area contributed by atoms with Gasteiger partial charge in [0.25, 0.3) is 5.91 Å². The Labute approximate surface area is 121 Å². The lowest BCUT2D eigenvalue weighted by molar-refractivity contribution is 0.0706. The number of fused-ring (bicyclic) bond motifs is 1. The monoisotopic (exact) mass is 281 g/mol. The zero-order chi connectivity index (χ0) is 15.0. The minimum atomic E-state index is -0.542. The summed E-state index contributed by atoms with van der Waals surface area (Å²) < 4.78 is 0. The number of nitrogens with one attached hydrogen (secondary N) is 2. The lowest BCUT2D eigenvalue weighted by Gasteiger charge is -2.03. The van der Waals surface area contributed by atoms with Gasteiger partial charge in [-0.3, -0.25) is 10.0 Å². The zero-order valence-corrected chi connectivity index (χ0v) is 11.8. The van der Waals surface area contributed by atoms with Gasteiger partial charge in [0, 0.05) is 11.1 Å². The van der Waals surface area contributed by atoms with E-state index in [9.17, 15) is 4.79 Å². The van der Waals surface area contributed by atoms with E-state index in [1.54, 1.807) is 23.7 Å². The van der Waals surface area contributed by atoms with Crippen LogP contribution in [-0.4, -0.2) is 21.1 Å². The summed E-state index contributed by atoms with van der Waals surface area (Å²) in [6, 6.07) is 11.2. The number of hydrogen-bond donors (Lipinski definition) is 3. The van der Waals surface area contributed by atoms with E-state index in [4.69, 9.17) is 5.21 Å². The molecule has 2 aromatic carbocycles. The SMILES string of the molecule is Cc1ccc(-c2nc3ccc(C(=O)NO)cc3[nH]2)c(C)c1. The first kappa shape index (κ1) is 13.3. The topological polar surface area (TPSA) is 78.0 Å². The average Bonchev–Trinajstić information content (AvgIpc) is 2.88. The van der Waals surface area contributed by atoms with Crippen molar-refractivity contribution in [3.63, 3.8) is 0 Å². The third kappa shape index (κ3) is 2.39. The van der Waals surface area contributed by atoms with E-state index in [1.807, 2.05) is 19.1 Å². The van der Waals surface area contributed by atoms with Crippen LogP contribution in [0.4, 0.5) is 0 Å². The van der Waals surface area contributed by atoms with E-state index in [0.717, 1.165) is 28.0 Å². The number of rotatable bonds is 2. The smallest absolute Gasteiger partial charge is 0.274 e. The summed E-state index contributed by atoms with van der Waals surface area (Å²) in [4.78, 5) is 19.2. The van der Waals surface area contributed by atoms with Gasteiger partial charge in [0.2, 0.25) is 0 Å². The number of carbonyl (C=O) groups is 1. The van der Waals surface area contributed by atoms with Gasteiger partial charge in [-0.15, -0.1) is 0 Å². The van der Waals surface area contributed by atoms with Gasteiger partial charge in [0.15, 0.2) is 0 Å². The molecule has 0 aliphatic rings. The third-order valence-electron chi connectivity index (χ3n) is 3.48. The maximum absolute atomic E-state index is 11.4. The highest BCUT2D eigenvalue weighted by Crippen LogP contribution is 2.24. The van der Waals surface area contributed by atoms with Gasteiger partial charge in [-0.2, -0.15) is 0 Å². The molecule has 5 nitrogen and oxygen atoms in total. The Balaban J connectivity index is 2.10. The minimum Gasteiger partial charge on any atom is -0.338 e. The molecule has 1 aromatic heterocycles. The normalized spacial score (nSPS) is 10.8. The van der Waals surface area contributed by atoms with Crippen LogP contribution >= 0.6 is 0 Å². The van der Waals surface area contributed by atoms with Gasteiger partial charge in [-0.1, -0.05) is 23.8 Å². The number of aromatic nitrogens is 2. The lowest BCUT2D eigenvalue weighted by atomic mass is 10.1. The Morgan fingerprint density at radius 2 is 2.00 bits per heavy atom. The number of hydroxylamine groups is 1. The van der Waals surface area contributed by atoms with E-state index >= 15 is 0 Å². The van der Waals surface area contributed by atoms with Crippen molar-refractivity contribution in [2.45, 2.75) is 13.8 Å². The van der Waals surface area contributed by atoms with Crippen LogP contribution in [0.2, 0.25) is 0 Å². The largest absolute Gasteiger partial charge is 0.338 e. The number of carbonyl (C=O) groups excluding carboxylic acids is 1. The number of H-pyrrole nitrogens is 1. The van der Waals surface area contributed by atoms with Crippen LogP contribution in [0.1, 0.15) is 21.5 Å². The molecule has 1 heterocycles. The van der Waals surface area contributed by atoms with Crippen molar-refractivity contribution in [2.24, 2.45) is 0 Å². The maximum atomic E-state index is 11.4. The first-order valence-electron chi connectivity index (χ1n) is 6.60. The lowest BCUT2D eigenvalue weighted by Crippen LogP contribution is -2.18. The molecule has 0 fully saturated rings. The Kier molecular flexibility index (Phi) is 3.19. The molecular weight excluding hydrogens is 266 g/mol. The molecule has 0 radical (unpaired) electrons. The van der Waals surface area contributed by atoms with E-state index in [1.165, 1.54) is 5.56 Å².